The third-order valence-corrected chi connectivity index (χ3v) is 3.86. The quantitative estimate of drug-likeness (QED) is 0.749. The Labute approximate surface area is 147 Å². The molecule has 0 bridgehead atoms. The van der Waals surface area contributed by atoms with Gasteiger partial charge in [-0.3, -0.25) is 4.79 Å². The van der Waals surface area contributed by atoms with Crippen LogP contribution in [0.5, 0.6) is 5.75 Å². The Bertz CT molecular complexity index is 856. The van der Waals surface area contributed by atoms with Gasteiger partial charge in [0.05, 0.1) is 12.7 Å². The van der Waals surface area contributed by atoms with Crippen LogP contribution in [0, 0.1) is 13.8 Å². The highest BCUT2D eigenvalue weighted by molar-refractivity contribution is 5.91. The zero-order valence-corrected chi connectivity index (χ0v) is 14.4. The second-order valence-electron chi connectivity index (χ2n) is 5.97. The summed E-state index contributed by atoms with van der Waals surface area (Å²) in [6.07, 6.45) is 1.67. The van der Waals surface area contributed by atoms with Crippen molar-refractivity contribution in [1.82, 2.24) is 9.78 Å². The molecule has 3 rings (SSSR count). The van der Waals surface area contributed by atoms with Crippen LogP contribution in [0.2, 0.25) is 0 Å². The van der Waals surface area contributed by atoms with E-state index in [9.17, 15) is 4.79 Å². The maximum atomic E-state index is 12.2. The summed E-state index contributed by atoms with van der Waals surface area (Å²) in [6.45, 7) is 4.51. The molecule has 0 saturated heterocycles. The highest BCUT2D eigenvalue weighted by atomic mass is 16.5. The van der Waals surface area contributed by atoms with E-state index in [2.05, 4.69) is 10.4 Å². The molecule has 0 saturated carbocycles. The SMILES string of the molecule is Cc1ccc(C)c(OCC(=O)Nc2ccnn2Cc2ccccc2)c1. The van der Waals surface area contributed by atoms with E-state index >= 15 is 0 Å². The van der Waals surface area contributed by atoms with Crippen molar-refractivity contribution in [2.24, 2.45) is 0 Å². The lowest BCUT2D eigenvalue weighted by Crippen LogP contribution is -2.22. The molecule has 128 valence electrons. The van der Waals surface area contributed by atoms with Gasteiger partial charge >= 0.3 is 0 Å². The molecule has 1 N–H and O–H groups in total. The van der Waals surface area contributed by atoms with Crippen molar-refractivity contribution in [3.8, 4) is 5.75 Å². The van der Waals surface area contributed by atoms with Crippen molar-refractivity contribution in [3.05, 3.63) is 77.5 Å². The van der Waals surface area contributed by atoms with Crippen LogP contribution >= 0.6 is 0 Å². The van der Waals surface area contributed by atoms with Gasteiger partial charge in [-0.2, -0.15) is 5.10 Å². The summed E-state index contributed by atoms with van der Waals surface area (Å²) < 4.78 is 7.40. The first-order valence-corrected chi connectivity index (χ1v) is 8.17. The number of carbonyl (C=O) groups is 1. The maximum Gasteiger partial charge on any atom is 0.263 e. The number of hydrogen-bond acceptors (Lipinski definition) is 3. The second-order valence-corrected chi connectivity index (χ2v) is 5.97. The average Bonchev–Trinajstić information content (AvgIpc) is 3.03. The summed E-state index contributed by atoms with van der Waals surface area (Å²) in [5.41, 5.74) is 3.22. The summed E-state index contributed by atoms with van der Waals surface area (Å²) in [4.78, 5) is 12.2. The van der Waals surface area contributed by atoms with E-state index in [4.69, 9.17) is 4.74 Å². The van der Waals surface area contributed by atoms with Crippen LogP contribution in [0.25, 0.3) is 0 Å². The third-order valence-electron chi connectivity index (χ3n) is 3.86. The van der Waals surface area contributed by atoms with Crippen molar-refractivity contribution >= 4 is 11.7 Å². The first kappa shape index (κ1) is 16.8. The van der Waals surface area contributed by atoms with E-state index in [0.29, 0.717) is 12.4 Å². The number of aromatic nitrogens is 2. The zero-order valence-electron chi connectivity index (χ0n) is 14.4. The van der Waals surface area contributed by atoms with Gasteiger partial charge in [0.1, 0.15) is 11.6 Å². The Morgan fingerprint density at radius 1 is 1.12 bits per heavy atom. The van der Waals surface area contributed by atoms with E-state index in [0.717, 1.165) is 22.4 Å². The molecular formula is C20H21N3O2. The summed E-state index contributed by atoms with van der Waals surface area (Å²) >= 11 is 0. The third kappa shape index (κ3) is 4.47. The van der Waals surface area contributed by atoms with Crippen molar-refractivity contribution < 1.29 is 9.53 Å². The van der Waals surface area contributed by atoms with Crippen molar-refractivity contribution in [3.63, 3.8) is 0 Å². The van der Waals surface area contributed by atoms with Crippen LogP contribution in [-0.2, 0) is 11.3 Å². The number of nitrogens with zero attached hydrogens (tertiary/aromatic N) is 2. The van der Waals surface area contributed by atoms with Crippen LogP contribution in [0.15, 0.2) is 60.8 Å². The van der Waals surface area contributed by atoms with Crippen LogP contribution in [-0.4, -0.2) is 22.3 Å². The zero-order chi connectivity index (χ0) is 17.6. The summed E-state index contributed by atoms with van der Waals surface area (Å²) in [7, 11) is 0. The van der Waals surface area contributed by atoms with E-state index < -0.39 is 0 Å². The smallest absolute Gasteiger partial charge is 0.263 e. The standard InChI is InChI=1S/C20H21N3O2/c1-15-8-9-16(2)18(12-15)25-14-20(24)22-19-10-11-21-23(19)13-17-6-4-3-5-7-17/h3-12H,13-14H2,1-2H3,(H,22,24). The molecule has 0 fully saturated rings. The number of nitrogens with one attached hydrogen (secondary N) is 1. The fraction of sp³-hybridized carbons (Fsp3) is 0.200. The Hall–Kier alpha value is -3.08. The Kier molecular flexibility index (Phi) is 5.14. The lowest BCUT2D eigenvalue weighted by Gasteiger charge is -2.11. The molecule has 0 aliphatic heterocycles. The molecule has 0 aliphatic rings. The number of benzene rings is 2. The minimum absolute atomic E-state index is 0.0409. The van der Waals surface area contributed by atoms with Gasteiger partial charge in [-0.15, -0.1) is 0 Å². The van der Waals surface area contributed by atoms with Gasteiger partial charge < -0.3 is 10.1 Å². The molecule has 0 atom stereocenters. The van der Waals surface area contributed by atoms with Gasteiger partial charge in [-0.25, -0.2) is 4.68 Å². The molecule has 25 heavy (non-hydrogen) atoms. The predicted octanol–water partition coefficient (Wildman–Crippen LogP) is 3.57. The molecule has 0 unspecified atom stereocenters. The van der Waals surface area contributed by atoms with E-state index in [1.165, 1.54) is 0 Å². The number of carbonyl (C=O) groups excluding carboxylic acids is 1. The van der Waals surface area contributed by atoms with Crippen LogP contribution in [0.3, 0.4) is 0 Å². The van der Waals surface area contributed by atoms with Gasteiger partial charge in [0.2, 0.25) is 0 Å². The lowest BCUT2D eigenvalue weighted by molar-refractivity contribution is -0.118. The average molecular weight is 335 g/mol. The van der Waals surface area contributed by atoms with Crippen molar-refractivity contribution in [1.29, 1.82) is 0 Å². The molecule has 1 aromatic heterocycles. The number of rotatable bonds is 6. The molecule has 5 heteroatoms. The van der Waals surface area contributed by atoms with Crippen LogP contribution in [0.1, 0.15) is 16.7 Å². The predicted molar refractivity (Wildman–Crippen MR) is 97.8 cm³/mol. The van der Waals surface area contributed by atoms with E-state index in [1.54, 1.807) is 16.9 Å². The van der Waals surface area contributed by atoms with E-state index in [1.807, 2.05) is 62.4 Å². The molecule has 3 aromatic rings. The van der Waals surface area contributed by atoms with Gasteiger partial charge in [0.15, 0.2) is 6.61 Å². The largest absolute Gasteiger partial charge is 0.483 e. The molecule has 0 spiro atoms. The number of anilines is 1. The normalized spacial score (nSPS) is 10.5. The maximum absolute atomic E-state index is 12.2. The van der Waals surface area contributed by atoms with Crippen LogP contribution < -0.4 is 10.1 Å². The highest BCUT2D eigenvalue weighted by Gasteiger charge is 2.09. The van der Waals surface area contributed by atoms with Crippen molar-refractivity contribution in [2.75, 3.05) is 11.9 Å². The molecule has 0 aliphatic carbocycles. The lowest BCUT2D eigenvalue weighted by atomic mass is 10.1. The van der Waals surface area contributed by atoms with E-state index in [-0.39, 0.29) is 12.5 Å². The molecule has 5 nitrogen and oxygen atoms in total. The number of aryl methyl sites for hydroxylation is 2. The molecule has 0 radical (unpaired) electrons. The summed E-state index contributed by atoms with van der Waals surface area (Å²) in [6, 6.07) is 17.7. The number of ether oxygens (including phenoxy) is 1. The minimum atomic E-state index is -0.212. The minimum Gasteiger partial charge on any atom is -0.483 e. The fourth-order valence-corrected chi connectivity index (χ4v) is 2.51. The molecule has 2 aromatic carbocycles. The van der Waals surface area contributed by atoms with Gasteiger partial charge in [-0.05, 0) is 36.6 Å². The summed E-state index contributed by atoms with van der Waals surface area (Å²) in [5.74, 6) is 1.17. The first-order valence-electron chi connectivity index (χ1n) is 8.17. The summed E-state index contributed by atoms with van der Waals surface area (Å²) in [5, 5.41) is 7.12. The Morgan fingerprint density at radius 3 is 2.72 bits per heavy atom. The fourth-order valence-electron chi connectivity index (χ4n) is 2.51. The van der Waals surface area contributed by atoms with Gasteiger partial charge in [0, 0.05) is 6.07 Å². The monoisotopic (exact) mass is 335 g/mol. The Morgan fingerprint density at radius 2 is 1.92 bits per heavy atom. The van der Waals surface area contributed by atoms with Crippen LogP contribution in [0.4, 0.5) is 5.82 Å². The first-order chi connectivity index (χ1) is 12.1. The molecule has 1 amide bonds. The van der Waals surface area contributed by atoms with Gasteiger partial charge in [0.25, 0.3) is 5.91 Å². The number of amides is 1. The highest BCUT2D eigenvalue weighted by Crippen LogP contribution is 2.19. The molecular weight excluding hydrogens is 314 g/mol. The second kappa shape index (κ2) is 7.66. The Balaban J connectivity index is 1.60. The van der Waals surface area contributed by atoms with Gasteiger partial charge in [-0.1, -0.05) is 42.5 Å². The van der Waals surface area contributed by atoms with Crippen molar-refractivity contribution in [2.45, 2.75) is 20.4 Å². The molecule has 1 heterocycles. The topological polar surface area (TPSA) is 56.1 Å². The number of hydrogen-bond donors (Lipinski definition) is 1.